The summed E-state index contributed by atoms with van der Waals surface area (Å²) in [4.78, 5) is 18.1. The molecule has 218 valence electrons. The quantitative estimate of drug-likeness (QED) is 0.343. The van der Waals surface area contributed by atoms with Crippen LogP contribution in [0.3, 0.4) is 0 Å². The third-order valence-corrected chi connectivity index (χ3v) is 11.4. The zero-order valence-corrected chi connectivity index (χ0v) is 25.0. The van der Waals surface area contributed by atoms with Crippen LogP contribution >= 0.6 is 11.6 Å². The van der Waals surface area contributed by atoms with E-state index in [0.717, 1.165) is 57.7 Å². The summed E-state index contributed by atoms with van der Waals surface area (Å²) >= 11 is 6.32. The first-order chi connectivity index (χ1) is 19.8. The Morgan fingerprint density at radius 3 is 2.32 bits per heavy atom. The number of nitrogens with zero attached hydrogens (tertiary/aromatic N) is 6. The summed E-state index contributed by atoms with van der Waals surface area (Å²) in [6, 6.07) is 11.5. The summed E-state index contributed by atoms with van der Waals surface area (Å²) in [5.74, 6) is 0.859. The van der Waals surface area contributed by atoms with Crippen LogP contribution in [-0.2, 0) is 10.0 Å². The van der Waals surface area contributed by atoms with Crippen molar-refractivity contribution in [2.45, 2.75) is 56.4 Å². The van der Waals surface area contributed by atoms with Gasteiger partial charge in [0.15, 0.2) is 0 Å². The molecule has 0 atom stereocenters. The van der Waals surface area contributed by atoms with Crippen LogP contribution in [0.4, 0.5) is 11.5 Å². The van der Waals surface area contributed by atoms with Crippen LogP contribution in [0.25, 0.3) is 0 Å². The molecule has 1 saturated carbocycles. The highest BCUT2D eigenvalue weighted by molar-refractivity contribution is 7.89. The molecule has 2 saturated heterocycles. The van der Waals surface area contributed by atoms with Gasteiger partial charge in [0.2, 0.25) is 10.0 Å². The van der Waals surface area contributed by atoms with E-state index in [4.69, 9.17) is 16.3 Å². The topological polar surface area (TPSA) is 91.8 Å². The van der Waals surface area contributed by atoms with E-state index in [0.29, 0.717) is 11.0 Å². The molecular formula is C30H37ClN6O3S. The van der Waals surface area contributed by atoms with E-state index < -0.39 is 10.0 Å². The molecule has 3 aliphatic rings. The molecule has 6 rings (SSSR count). The molecule has 3 aromatic rings. The number of benzene rings is 1. The van der Waals surface area contributed by atoms with Gasteiger partial charge < -0.3 is 14.5 Å². The average Bonchev–Trinajstić information content (AvgIpc) is 3.82. The number of aromatic nitrogens is 3. The minimum atomic E-state index is -3.75. The zero-order valence-electron chi connectivity index (χ0n) is 23.5. The highest BCUT2D eigenvalue weighted by Crippen LogP contribution is 2.43. The molecule has 1 spiro atoms. The summed E-state index contributed by atoms with van der Waals surface area (Å²) in [6.07, 6.45) is 11.8. The summed E-state index contributed by atoms with van der Waals surface area (Å²) in [5, 5.41) is 0.246. The molecule has 0 radical (unpaired) electrons. The SMILES string of the molecule is Cc1cccc(Cl)c1S(=O)(=O)N(CCOc1nccc(N2CCC3(CCN(c4ccncc4)CC3)CC2)n1)C1CC1. The lowest BCUT2D eigenvalue weighted by atomic mass is 9.71. The summed E-state index contributed by atoms with van der Waals surface area (Å²) in [6.45, 7) is 6.23. The van der Waals surface area contributed by atoms with Crippen molar-refractivity contribution in [3.8, 4) is 6.01 Å². The van der Waals surface area contributed by atoms with Crippen molar-refractivity contribution in [2.24, 2.45) is 5.41 Å². The van der Waals surface area contributed by atoms with Gasteiger partial charge in [0.1, 0.15) is 17.3 Å². The third-order valence-electron chi connectivity index (χ3n) is 8.85. The molecule has 3 fully saturated rings. The molecular weight excluding hydrogens is 560 g/mol. The van der Waals surface area contributed by atoms with Crippen molar-refractivity contribution in [1.29, 1.82) is 0 Å². The van der Waals surface area contributed by atoms with Crippen LogP contribution in [-0.4, -0.2) is 73.0 Å². The predicted molar refractivity (Wildman–Crippen MR) is 160 cm³/mol. The van der Waals surface area contributed by atoms with Gasteiger partial charge >= 0.3 is 6.01 Å². The van der Waals surface area contributed by atoms with Crippen molar-refractivity contribution >= 4 is 33.1 Å². The van der Waals surface area contributed by atoms with Crippen molar-refractivity contribution in [2.75, 3.05) is 49.1 Å². The highest BCUT2D eigenvalue weighted by atomic mass is 35.5. The minimum Gasteiger partial charge on any atom is -0.462 e. The predicted octanol–water partition coefficient (Wildman–Crippen LogP) is 4.95. The van der Waals surface area contributed by atoms with E-state index in [1.165, 1.54) is 22.8 Å². The molecule has 2 aliphatic heterocycles. The van der Waals surface area contributed by atoms with Gasteiger partial charge in [0.05, 0.1) is 5.02 Å². The Bertz CT molecular complexity index is 1430. The minimum absolute atomic E-state index is 0.0243. The second kappa shape index (κ2) is 11.7. The summed E-state index contributed by atoms with van der Waals surface area (Å²) in [5.41, 5.74) is 2.30. The highest BCUT2D eigenvalue weighted by Gasteiger charge is 2.40. The first-order valence-electron chi connectivity index (χ1n) is 14.5. The van der Waals surface area contributed by atoms with E-state index in [1.807, 2.05) is 18.5 Å². The Labute approximate surface area is 247 Å². The normalized spacial score (nSPS) is 19.1. The monoisotopic (exact) mass is 596 g/mol. The number of ether oxygens (including phenoxy) is 1. The van der Waals surface area contributed by atoms with Crippen molar-refractivity contribution in [1.82, 2.24) is 19.3 Å². The molecule has 4 heterocycles. The number of hydrogen-bond acceptors (Lipinski definition) is 8. The Kier molecular flexibility index (Phi) is 8.07. The fraction of sp³-hybridized carbons (Fsp3) is 0.500. The smallest absolute Gasteiger partial charge is 0.318 e. The molecule has 0 amide bonds. The van der Waals surface area contributed by atoms with E-state index in [1.54, 1.807) is 31.3 Å². The van der Waals surface area contributed by atoms with E-state index in [9.17, 15) is 8.42 Å². The second-order valence-corrected chi connectivity index (χ2v) is 13.7. The first-order valence-corrected chi connectivity index (χ1v) is 16.3. The van der Waals surface area contributed by atoms with Crippen molar-refractivity contribution < 1.29 is 13.2 Å². The molecule has 11 heteroatoms. The average molecular weight is 597 g/mol. The van der Waals surface area contributed by atoms with Gasteiger partial charge in [-0.1, -0.05) is 23.7 Å². The van der Waals surface area contributed by atoms with E-state index >= 15 is 0 Å². The maximum absolute atomic E-state index is 13.5. The van der Waals surface area contributed by atoms with Gasteiger partial charge in [-0.05, 0) is 80.7 Å². The Morgan fingerprint density at radius 2 is 1.66 bits per heavy atom. The number of anilines is 2. The van der Waals surface area contributed by atoms with Gasteiger partial charge in [0, 0.05) is 63.0 Å². The van der Waals surface area contributed by atoms with Crippen LogP contribution in [0, 0.1) is 12.3 Å². The number of aryl methyl sites for hydroxylation is 1. The molecule has 0 bridgehead atoms. The van der Waals surface area contributed by atoms with Gasteiger partial charge in [0.25, 0.3) is 0 Å². The zero-order chi connectivity index (χ0) is 28.5. The van der Waals surface area contributed by atoms with Gasteiger partial charge in [-0.15, -0.1) is 0 Å². The van der Waals surface area contributed by atoms with Crippen molar-refractivity contribution in [3.05, 3.63) is 65.6 Å². The van der Waals surface area contributed by atoms with Crippen LogP contribution in [0.15, 0.2) is 59.9 Å². The van der Waals surface area contributed by atoms with E-state index in [-0.39, 0.29) is 35.1 Å². The maximum atomic E-state index is 13.5. The molecule has 1 aromatic carbocycles. The van der Waals surface area contributed by atoms with Gasteiger partial charge in [-0.3, -0.25) is 4.98 Å². The number of rotatable bonds is 9. The van der Waals surface area contributed by atoms with Gasteiger partial charge in [-0.25, -0.2) is 13.4 Å². The standard InChI is InChI=1S/C30H37ClN6O3S/c1-23-3-2-4-26(31)28(23)41(38,39)37(25-5-6-25)21-22-40-29-33-16-9-27(34-29)36-19-12-30(13-20-36)10-17-35(18-11-30)24-7-14-32-15-8-24/h2-4,7-9,14-16,25H,5-6,10-13,17-22H2,1H3. The number of halogens is 1. The first kappa shape index (κ1) is 28.2. The largest absolute Gasteiger partial charge is 0.462 e. The van der Waals surface area contributed by atoms with Crippen LogP contribution < -0.4 is 14.5 Å². The summed E-state index contributed by atoms with van der Waals surface area (Å²) in [7, 11) is -3.75. The Balaban J connectivity index is 1.04. The number of hydrogen-bond donors (Lipinski definition) is 0. The Morgan fingerprint density at radius 1 is 0.976 bits per heavy atom. The molecule has 0 unspecified atom stereocenters. The van der Waals surface area contributed by atoms with Crippen LogP contribution in [0.2, 0.25) is 5.02 Å². The van der Waals surface area contributed by atoms with E-state index in [2.05, 4.69) is 36.9 Å². The number of pyridine rings is 1. The number of sulfonamides is 1. The molecule has 9 nitrogen and oxygen atoms in total. The lowest BCUT2D eigenvalue weighted by molar-refractivity contribution is 0.166. The molecule has 0 N–H and O–H groups in total. The maximum Gasteiger partial charge on any atom is 0.318 e. The fourth-order valence-electron chi connectivity index (χ4n) is 6.23. The van der Waals surface area contributed by atoms with Crippen LogP contribution in [0.5, 0.6) is 6.01 Å². The Hall–Kier alpha value is -2.95. The lowest BCUT2D eigenvalue weighted by Crippen LogP contribution is -2.47. The van der Waals surface area contributed by atoms with Crippen molar-refractivity contribution in [3.63, 3.8) is 0 Å². The fourth-order valence-corrected chi connectivity index (χ4v) is 8.69. The molecule has 1 aliphatic carbocycles. The number of piperidine rings is 2. The third kappa shape index (κ3) is 6.15. The molecule has 41 heavy (non-hydrogen) atoms. The second-order valence-electron chi connectivity index (χ2n) is 11.5. The summed E-state index contributed by atoms with van der Waals surface area (Å²) < 4.78 is 34.5. The van der Waals surface area contributed by atoms with Crippen LogP contribution in [0.1, 0.15) is 44.1 Å². The van der Waals surface area contributed by atoms with Gasteiger partial charge in [-0.2, -0.15) is 9.29 Å². The molecule has 2 aromatic heterocycles. The lowest BCUT2D eigenvalue weighted by Gasteiger charge is -2.47.